The molecule has 0 amide bonds. The van der Waals surface area contributed by atoms with E-state index in [0.29, 0.717) is 17.5 Å². The lowest BCUT2D eigenvalue weighted by molar-refractivity contribution is 0.669. The average molecular weight is 817 g/mol. The van der Waals surface area contributed by atoms with Crippen LogP contribution in [0.2, 0.25) is 0 Å². The van der Waals surface area contributed by atoms with E-state index >= 15 is 0 Å². The van der Waals surface area contributed by atoms with E-state index in [-0.39, 0.29) is 0 Å². The Morgan fingerprint density at radius 3 is 1.69 bits per heavy atom. The maximum absolute atomic E-state index is 6.96. The molecule has 0 saturated heterocycles. The van der Waals surface area contributed by atoms with Crippen LogP contribution in [-0.2, 0) is 0 Å². The first-order valence-electron chi connectivity index (χ1n) is 21.6. The number of para-hydroxylation sites is 1. The van der Waals surface area contributed by atoms with Crippen LogP contribution >= 0.6 is 0 Å². The number of nitrogens with zero attached hydrogens (tertiary/aromatic N) is 4. The van der Waals surface area contributed by atoms with Crippen molar-refractivity contribution in [3.63, 3.8) is 0 Å². The molecule has 0 radical (unpaired) electrons. The summed E-state index contributed by atoms with van der Waals surface area (Å²) in [6.45, 7) is 0. The fourth-order valence-corrected chi connectivity index (χ4v) is 9.57. The summed E-state index contributed by atoms with van der Waals surface area (Å²) in [7, 11) is 0. The smallest absolute Gasteiger partial charge is 0.170 e. The van der Waals surface area contributed by atoms with Gasteiger partial charge in [0, 0.05) is 32.7 Å². The van der Waals surface area contributed by atoms with E-state index in [1.165, 1.54) is 26.9 Å². The Bertz CT molecular complexity index is 3940. The Hall–Kier alpha value is -8.67. The molecule has 3 heterocycles. The Kier molecular flexibility index (Phi) is 8.15. The molecule has 0 aliphatic carbocycles. The van der Waals surface area contributed by atoms with Crippen molar-refractivity contribution >= 4 is 65.3 Å². The van der Waals surface area contributed by atoms with Gasteiger partial charge in [-0.2, -0.15) is 0 Å². The molecule has 10 aromatic carbocycles. The zero-order chi connectivity index (χ0) is 42.1. The number of benzene rings is 10. The molecule has 0 bridgehead atoms. The van der Waals surface area contributed by atoms with Crippen molar-refractivity contribution in [3.05, 3.63) is 218 Å². The predicted molar refractivity (Wildman–Crippen MR) is 264 cm³/mol. The van der Waals surface area contributed by atoms with Gasteiger partial charge < -0.3 is 8.98 Å². The van der Waals surface area contributed by atoms with Gasteiger partial charge in [-0.1, -0.05) is 176 Å². The fraction of sp³-hybridized carbons (Fsp3) is 0. The van der Waals surface area contributed by atoms with Crippen LogP contribution < -0.4 is 0 Å². The minimum Gasteiger partial charge on any atom is -0.455 e. The van der Waals surface area contributed by atoms with Crippen LogP contribution in [0.3, 0.4) is 0 Å². The highest BCUT2D eigenvalue weighted by Crippen LogP contribution is 2.45. The summed E-state index contributed by atoms with van der Waals surface area (Å²) < 4.78 is 9.35. The van der Waals surface area contributed by atoms with Crippen LogP contribution in [0.5, 0.6) is 0 Å². The molecule has 13 aromatic rings. The topological polar surface area (TPSA) is 56.7 Å². The van der Waals surface area contributed by atoms with Crippen LogP contribution in [0.4, 0.5) is 0 Å². The summed E-state index contributed by atoms with van der Waals surface area (Å²) in [6, 6.07) is 76.9. The van der Waals surface area contributed by atoms with Crippen molar-refractivity contribution in [1.82, 2.24) is 19.5 Å². The summed E-state index contributed by atoms with van der Waals surface area (Å²) in [5.74, 6) is 1.67. The molecule has 5 heteroatoms. The molecule has 0 aliphatic heterocycles. The third-order valence-electron chi connectivity index (χ3n) is 12.6. The van der Waals surface area contributed by atoms with Crippen molar-refractivity contribution in [2.24, 2.45) is 0 Å². The van der Waals surface area contributed by atoms with Crippen molar-refractivity contribution in [2.75, 3.05) is 0 Å². The van der Waals surface area contributed by atoms with Crippen LogP contribution in [0.15, 0.2) is 223 Å². The van der Waals surface area contributed by atoms with Gasteiger partial charge >= 0.3 is 0 Å². The number of furan rings is 1. The summed E-state index contributed by atoms with van der Waals surface area (Å²) >= 11 is 0. The van der Waals surface area contributed by atoms with Crippen molar-refractivity contribution in [3.8, 4) is 62.1 Å². The second kappa shape index (κ2) is 14.5. The third-order valence-corrected chi connectivity index (χ3v) is 12.6. The minimum absolute atomic E-state index is 0.522. The molecule has 0 spiro atoms. The van der Waals surface area contributed by atoms with Gasteiger partial charge in [0.25, 0.3) is 0 Å². The molecular weight excluding hydrogens is 781 g/mol. The van der Waals surface area contributed by atoms with E-state index in [1.54, 1.807) is 0 Å². The van der Waals surface area contributed by atoms with Gasteiger partial charge in [0.1, 0.15) is 11.2 Å². The largest absolute Gasteiger partial charge is 0.455 e. The summed E-state index contributed by atoms with van der Waals surface area (Å²) in [4.78, 5) is 16.2. The standard InChI is InChI=1S/C59H36N4O/c1-3-14-37(15-4-1)39-26-28-41(29-27-39)57-60-58(45-22-13-21-42(34-45)38-16-5-2-6-17-38)62-59(61-57)55-51(33-31-48-47-24-11-12-25-53(47)64-56(48)55)63-50-32-30-40-18-9-10-23-46(40)54(50)49-35-43-19-7-8-20-44(43)36-52(49)63/h1-36H. The van der Waals surface area contributed by atoms with E-state index in [4.69, 9.17) is 19.4 Å². The monoisotopic (exact) mass is 816 g/mol. The second-order valence-corrected chi connectivity index (χ2v) is 16.4. The first-order valence-corrected chi connectivity index (χ1v) is 21.6. The van der Waals surface area contributed by atoms with E-state index in [1.807, 2.05) is 24.3 Å². The van der Waals surface area contributed by atoms with Crippen molar-refractivity contribution < 1.29 is 4.42 Å². The Balaban J connectivity index is 1.13. The van der Waals surface area contributed by atoms with Crippen molar-refractivity contribution in [2.45, 2.75) is 0 Å². The lowest BCUT2D eigenvalue weighted by Crippen LogP contribution is -2.04. The Morgan fingerprint density at radius 1 is 0.328 bits per heavy atom. The van der Waals surface area contributed by atoms with Gasteiger partial charge in [-0.15, -0.1) is 0 Å². The highest BCUT2D eigenvalue weighted by Gasteiger charge is 2.25. The highest BCUT2D eigenvalue weighted by atomic mass is 16.3. The van der Waals surface area contributed by atoms with Gasteiger partial charge in [0.2, 0.25) is 0 Å². The van der Waals surface area contributed by atoms with Crippen LogP contribution in [0.1, 0.15) is 0 Å². The molecular formula is C59H36N4O. The molecule has 0 N–H and O–H groups in total. The van der Waals surface area contributed by atoms with Crippen LogP contribution in [0, 0.1) is 0 Å². The summed E-state index contributed by atoms with van der Waals surface area (Å²) in [5, 5.41) is 9.15. The van der Waals surface area contributed by atoms with Crippen LogP contribution in [-0.4, -0.2) is 19.5 Å². The van der Waals surface area contributed by atoms with E-state index in [0.717, 1.165) is 83.0 Å². The number of hydrogen-bond donors (Lipinski definition) is 0. The lowest BCUT2D eigenvalue weighted by atomic mass is 10.0. The van der Waals surface area contributed by atoms with Gasteiger partial charge in [-0.05, 0) is 86.3 Å². The molecule has 0 fully saturated rings. The van der Waals surface area contributed by atoms with Crippen LogP contribution in [0.25, 0.3) is 127 Å². The summed E-state index contributed by atoms with van der Waals surface area (Å²) in [6.07, 6.45) is 0. The van der Waals surface area contributed by atoms with Gasteiger partial charge in [-0.25, -0.2) is 15.0 Å². The predicted octanol–water partition coefficient (Wildman–Crippen LogP) is 15.5. The summed E-state index contributed by atoms with van der Waals surface area (Å²) in [5.41, 5.74) is 11.6. The molecule has 64 heavy (non-hydrogen) atoms. The Morgan fingerprint density at radius 2 is 0.906 bits per heavy atom. The Labute approximate surface area is 368 Å². The quantitative estimate of drug-likeness (QED) is 0.168. The van der Waals surface area contributed by atoms with E-state index in [9.17, 15) is 0 Å². The highest BCUT2D eigenvalue weighted by molar-refractivity contribution is 6.24. The fourth-order valence-electron chi connectivity index (χ4n) is 9.57. The van der Waals surface area contributed by atoms with Gasteiger partial charge in [0.05, 0.1) is 22.3 Å². The van der Waals surface area contributed by atoms with Gasteiger partial charge in [-0.3, -0.25) is 0 Å². The average Bonchev–Trinajstić information content (AvgIpc) is 3.91. The molecule has 0 aliphatic rings. The first kappa shape index (κ1) is 36.0. The third kappa shape index (κ3) is 5.83. The number of fused-ring (bicyclic) bond motifs is 9. The van der Waals surface area contributed by atoms with Gasteiger partial charge in [0.15, 0.2) is 17.5 Å². The maximum atomic E-state index is 6.96. The van der Waals surface area contributed by atoms with E-state index in [2.05, 4.69) is 199 Å². The SMILES string of the molecule is c1ccc(-c2ccc(-c3nc(-c4cccc(-c5ccccc5)c4)nc(-c4c(-n5c6cc7ccccc7cc6c6c7ccccc7ccc65)ccc5c4oc4ccccc45)n3)cc2)cc1. The number of aromatic nitrogens is 4. The molecule has 13 rings (SSSR count). The number of hydrogen-bond acceptors (Lipinski definition) is 4. The van der Waals surface area contributed by atoms with E-state index < -0.39 is 0 Å². The zero-order valence-corrected chi connectivity index (χ0v) is 34.5. The second-order valence-electron chi connectivity index (χ2n) is 16.4. The number of rotatable bonds is 6. The molecule has 3 aromatic heterocycles. The molecule has 0 saturated carbocycles. The molecule has 0 atom stereocenters. The molecule has 0 unspecified atom stereocenters. The normalized spacial score (nSPS) is 11.8. The zero-order valence-electron chi connectivity index (χ0n) is 34.5. The first-order chi connectivity index (χ1) is 31.7. The van der Waals surface area contributed by atoms with Crippen molar-refractivity contribution in [1.29, 1.82) is 0 Å². The lowest BCUT2D eigenvalue weighted by Gasteiger charge is -2.16. The minimum atomic E-state index is 0.522. The molecule has 298 valence electrons. The molecule has 5 nitrogen and oxygen atoms in total. The maximum Gasteiger partial charge on any atom is 0.170 e.